The lowest BCUT2D eigenvalue weighted by molar-refractivity contribution is 0.121. The van der Waals surface area contributed by atoms with Crippen molar-refractivity contribution in [2.24, 2.45) is 0 Å². The highest BCUT2D eigenvalue weighted by Crippen LogP contribution is 2.23. The van der Waals surface area contributed by atoms with E-state index in [1.54, 1.807) is 11.8 Å². The third kappa shape index (κ3) is 4.21. The van der Waals surface area contributed by atoms with Crippen LogP contribution in [0.4, 0.5) is 5.95 Å². The Balaban J connectivity index is 1.54. The Morgan fingerprint density at radius 3 is 2.83 bits per heavy atom. The molecule has 1 aliphatic heterocycles. The molecule has 0 bridgehead atoms. The molecule has 1 aromatic heterocycles. The predicted molar refractivity (Wildman–Crippen MR) is 96.1 cm³/mol. The molecule has 1 fully saturated rings. The summed E-state index contributed by atoms with van der Waals surface area (Å²) in [5.74, 6) is 2.71. The van der Waals surface area contributed by atoms with E-state index >= 15 is 0 Å². The van der Waals surface area contributed by atoms with Crippen LogP contribution in [0.5, 0.6) is 5.75 Å². The van der Waals surface area contributed by atoms with E-state index in [0.29, 0.717) is 6.61 Å². The molecule has 7 heteroatoms. The number of aryl methyl sites for hydroxylation is 1. The molecule has 24 heavy (non-hydrogen) atoms. The highest BCUT2D eigenvalue weighted by atomic mass is 32.2. The van der Waals surface area contributed by atoms with Crippen molar-refractivity contribution in [3.05, 3.63) is 29.8 Å². The van der Waals surface area contributed by atoms with Gasteiger partial charge in [-0.05, 0) is 31.5 Å². The summed E-state index contributed by atoms with van der Waals surface area (Å²) in [7, 11) is 0. The average Bonchev–Trinajstić information content (AvgIpc) is 3.02. The highest BCUT2D eigenvalue weighted by Gasteiger charge is 2.19. The predicted octanol–water partition coefficient (Wildman–Crippen LogP) is 2.61. The Bertz CT molecular complexity index is 656. The molecule has 0 aliphatic carbocycles. The van der Waals surface area contributed by atoms with Crippen molar-refractivity contribution in [3.63, 3.8) is 0 Å². The summed E-state index contributed by atoms with van der Waals surface area (Å²) in [6.07, 6.45) is 0. The Labute approximate surface area is 147 Å². The van der Waals surface area contributed by atoms with Crippen molar-refractivity contribution in [2.45, 2.75) is 25.5 Å². The van der Waals surface area contributed by atoms with Gasteiger partial charge in [0, 0.05) is 25.4 Å². The number of aromatic nitrogens is 3. The van der Waals surface area contributed by atoms with Gasteiger partial charge in [-0.1, -0.05) is 23.9 Å². The smallest absolute Gasteiger partial charge is 0.228 e. The van der Waals surface area contributed by atoms with Crippen molar-refractivity contribution in [1.29, 1.82) is 0 Å². The van der Waals surface area contributed by atoms with E-state index in [4.69, 9.17) is 9.47 Å². The van der Waals surface area contributed by atoms with E-state index in [1.807, 2.05) is 12.1 Å². The van der Waals surface area contributed by atoms with E-state index in [2.05, 4.69) is 45.6 Å². The monoisotopic (exact) mass is 348 g/mol. The second-order valence-corrected chi connectivity index (χ2v) is 6.70. The van der Waals surface area contributed by atoms with Gasteiger partial charge in [0.05, 0.1) is 19.8 Å². The van der Waals surface area contributed by atoms with Crippen LogP contribution >= 0.6 is 11.8 Å². The van der Waals surface area contributed by atoms with Gasteiger partial charge in [-0.15, -0.1) is 10.2 Å². The van der Waals surface area contributed by atoms with Gasteiger partial charge in [0.15, 0.2) is 5.16 Å². The van der Waals surface area contributed by atoms with Crippen molar-refractivity contribution < 1.29 is 9.47 Å². The normalized spacial score (nSPS) is 14.8. The molecule has 0 spiro atoms. The highest BCUT2D eigenvalue weighted by molar-refractivity contribution is 7.99. The van der Waals surface area contributed by atoms with Gasteiger partial charge in [0.25, 0.3) is 0 Å². The minimum Gasteiger partial charge on any atom is -0.493 e. The van der Waals surface area contributed by atoms with Gasteiger partial charge >= 0.3 is 0 Å². The van der Waals surface area contributed by atoms with Crippen molar-refractivity contribution in [1.82, 2.24) is 14.8 Å². The van der Waals surface area contributed by atoms with Crippen LogP contribution in [0.15, 0.2) is 29.4 Å². The first-order valence-corrected chi connectivity index (χ1v) is 9.34. The molecule has 2 heterocycles. The fourth-order valence-corrected chi connectivity index (χ4v) is 3.47. The van der Waals surface area contributed by atoms with E-state index < -0.39 is 0 Å². The van der Waals surface area contributed by atoms with Crippen LogP contribution in [0.2, 0.25) is 0 Å². The van der Waals surface area contributed by atoms with Gasteiger partial charge in [-0.25, -0.2) is 0 Å². The van der Waals surface area contributed by atoms with Crippen LogP contribution in [0.25, 0.3) is 0 Å². The average molecular weight is 348 g/mol. The third-order valence-electron chi connectivity index (χ3n) is 3.88. The van der Waals surface area contributed by atoms with Crippen molar-refractivity contribution in [2.75, 3.05) is 43.6 Å². The summed E-state index contributed by atoms with van der Waals surface area (Å²) < 4.78 is 13.4. The first kappa shape index (κ1) is 17.1. The minimum atomic E-state index is 0.650. The molecule has 0 N–H and O–H groups in total. The van der Waals surface area contributed by atoms with Crippen molar-refractivity contribution in [3.8, 4) is 5.75 Å². The molecule has 130 valence electrons. The summed E-state index contributed by atoms with van der Waals surface area (Å²) >= 11 is 1.69. The Morgan fingerprint density at radius 1 is 1.25 bits per heavy atom. The van der Waals surface area contributed by atoms with Crippen LogP contribution in [0.1, 0.15) is 12.5 Å². The standard InChI is InChI=1S/C17H24N4O2S/c1-3-21-16(20-7-9-22-10-8-20)18-19-17(21)24-12-11-23-15-6-4-5-14(2)13-15/h4-6,13H,3,7-12H2,1-2H3. The second kappa shape index (κ2) is 8.39. The molecule has 0 saturated carbocycles. The molecular weight excluding hydrogens is 324 g/mol. The molecule has 0 atom stereocenters. The number of rotatable bonds is 7. The van der Waals surface area contributed by atoms with E-state index in [-0.39, 0.29) is 0 Å². The second-order valence-electron chi connectivity index (χ2n) is 5.64. The number of benzene rings is 1. The molecule has 1 aromatic carbocycles. The van der Waals surface area contributed by atoms with Gasteiger partial charge in [0.1, 0.15) is 5.75 Å². The lowest BCUT2D eigenvalue weighted by Crippen LogP contribution is -2.38. The molecule has 3 rings (SSSR count). The van der Waals surface area contributed by atoms with Crippen LogP contribution in [-0.2, 0) is 11.3 Å². The third-order valence-corrected chi connectivity index (χ3v) is 4.81. The Hall–Kier alpha value is -1.73. The molecule has 1 aliphatic rings. The maximum absolute atomic E-state index is 5.80. The number of hydrogen-bond acceptors (Lipinski definition) is 6. The fraction of sp³-hybridized carbons (Fsp3) is 0.529. The van der Waals surface area contributed by atoms with Gasteiger partial charge < -0.3 is 14.4 Å². The number of nitrogens with zero attached hydrogens (tertiary/aromatic N) is 4. The maximum Gasteiger partial charge on any atom is 0.228 e. The number of morpholine rings is 1. The largest absolute Gasteiger partial charge is 0.493 e. The number of ether oxygens (including phenoxy) is 2. The first-order chi connectivity index (χ1) is 11.8. The first-order valence-electron chi connectivity index (χ1n) is 8.36. The van der Waals surface area contributed by atoms with E-state index in [0.717, 1.165) is 55.5 Å². The van der Waals surface area contributed by atoms with Crippen LogP contribution < -0.4 is 9.64 Å². The lowest BCUT2D eigenvalue weighted by Gasteiger charge is -2.27. The van der Waals surface area contributed by atoms with Gasteiger partial charge in [-0.3, -0.25) is 4.57 Å². The van der Waals surface area contributed by atoms with Crippen molar-refractivity contribution >= 4 is 17.7 Å². The van der Waals surface area contributed by atoms with Crippen LogP contribution in [0, 0.1) is 6.92 Å². The molecular formula is C17H24N4O2S. The lowest BCUT2D eigenvalue weighted by atomic mass is 10.2. The molecule has 6 nitrogen and oxygen atoms in total. The van der Waals surface area contributed by atoms with E-state index in [9.17, 15) is 0 Å². The topological polar surface area (TPSA) is 52.4 Å². The zero-order valence-electron chi connectivity index (χ0n) is 14.3. The quantitative estimate of drug-likeness (QED) is 0.566. The fourth-order valence-electron chi connectivity index (χ4n) is 2.66. The zero-order chi connectivity index (χ0) is 16.8. The number of hydrogen-bond donors (Lipinski definition) is 0. The van der Waals surface area contributed by atoms with Crippen LogP contribution in [-0.4, -0.2) is 53.4 Å². The van der Waals surface area contributed by atoms with Crippen LogP contribution in [0.3, 0.4) is 0 Å². The summed E-state index contributed by atoms with van der Waals surface area (Å²) in [6, 6.07) is 8.12. The van der Waals surface area contributed by atoms with Gasteiger partial charge in [0.2, 0.25) is 5.95 Å². The van der Waals surface area contributed by atoms with E-state index in [1.165, 1.54) is 5.56 Å². The maximum atomic E-state index is 5.80. The zero-order valence-corrected chi connectivity index (χ0v) is 15.1. The summed E-state index contributed by atoms with van der Waals surface area (Å²) in [4.78, 5) is 2.24. The molecule has 0 radical (unpaired) electrons. The molecule has 0 unspecified atom stereocenters. The summed E-state index contributed by atoms with van der Waals surface area (Å²) in [5, 5.41) is 9.69. The summed E-state index contributed by atoms with van der Waals surface area (Å²) in [5.41, 5.74) is 1.21. The number of anilines is 1. The van der Waals surface area contributed by atoms with Gasteiger partial charge in [-0.2, -0.15) is 0 Å². The Morgan fingerprint density at radius 2 is 2.08 bits per heavy atom. The minimum absolute atomic E-state index is 0.650. The number of thioether (sulfide) groups is 1. The Kier molecular flexibility index (Phi) is 5.98. The summed E-state index contributed by atoms with van der Waals surface area (Å²) in [6.45, 7) is 8.96. The SMILES string of the molecule is CCn1c(SCCOc2cccc(C)c2)nnc1N1CCOCC1. The molecule has 2 aromatic rings. The molecule has 0 amide bonds. The molecule has 1 saturated heterocycles.